The Hall–Kier alpha value is -2.04. The fourth-order valence-electron chi connectivity index (χ4n) is 1.98. The number of ether oxygens (including phenoxy) is 2. The maximum atomic E-state index is 12.0. The van der Waals surface area contributed by atoms with Gasteiger partial charge in [-0.3, -0.25) is 4.40 Å². The minimum Gasteiger partial charge on any atom is -0.493 e. The van der Waals surface area contributed by atoms with Crippen molar-refractivity contribution in [1.82, 2.24) is 9.38 Å². The van der Waals surface area contributed by atoms with Gasteiger partial charge in [-0.2, -0.15) is 0 Å². The maximum absolute atomic E-state index is 12.0. The normalized spacial score (nSPS) is 10.7. The summed E-state index contributed by atoms with van der Waals surface area (Å²) in [5.74, 6) is 0.276. The van der Waals surface area contributed by atoms with Crippen molar-refractivity contribution in [3.8, 4) is 5.75 Å². The second-order valence-electron chi connectivity index (χ2n) is 3.97. The number of fused-ring (bicyclic) bond motifs is 1. The summed E-state index contributed by atoms with van der Waals surface area (Å²) in [6.07, 6.45) is 0. The van der Waals surface area contributed by atoms with Crippen LogP contribution in [0.4, 0.5) is 0 Å². The molecule has 0 aromatic carbocycles. The van der Waals surface area contributed by atoms with Crippen LogP contribution in [-0.2, 0) is 4.74 Å². The van der Waals surface area contributed by atoms with E-state index in [4.69, 9.17) is 9.47 Å². The van der Waals surface area contributed by atoms with E-state index in [2.05, 4.69) is 4.98 Å². The number of hydrogen-bond acceptors (Lipinski definition) is 4. The standard InChI is InChI=1S/C13H16N2O3/c1-5-18-13(16)11-9(3)14-12-10(17-4)7-6-8(2)15(11)12/h6-7H,5H2,1-4H3. The number of carbonyl (C=O) groups is 1. The van der Waals surface area contributed by atoms with Gasteiger partial charge in [0.25, 0.3) is 0 Å². The number of hydrogen-bond donors (Lipinski definition) is 0. The molecule has 5 heteroatoms. The van der Waals surface area contributed by atoms with Gasteiger partial charge in [-0.1, -0.05) is 0 Å². The van der Waals surface area contributed by atoms with E-state index in [0.29, 0.717) is 29.4 Å². The summed E-state index contributed by atoms with van der Waals surface area (Å²) in [6, 6.07) is 3.72. The number of imidazole rings is 1. The Morgan fingerprint density at radius 1 is 1.39 bits per heavy atom. The molecule has 0 atom stereocenters. The Bertz CT molecular complexity index is 602. The molecule has 0 spiro atoms. The first kappa shape index (κ1) is 12.4. The number of aromatic nitrogens is 2. The van der Waals surface area contributed by atoms with Crippen LogP contribution in [0.5, 0.6) is 5.75 Å². The van der Waals surface area contributed by atoms with Crippen molar-refractivity contribution in [2.75, 3.05) is 13.7 Å². The van der Waals surface area contributed by atoms with Crippen LogP contribution in [0.3, 0.4) is 0 Å². The SMILES string of the molecule is CCOC(=O)c1c(C)nc2c(OC)ccc(C)n12. The number of rotatable bonds is 3. The zero-order valence-electron chi connectivity index (χ0n) is 11.0. The molecular weight excluding hydrogens is 232 g/mol. The third-order valence-electron chi connectivity index (χ3n) is 2.79. The average molecular weight is 248 g/mol. The highest BCUT2D eigenvalue weighted by Gasteiger charge is 2.20. The van der Waals surface area contributed by atoms with Crippen molar-refractivity contribution >= 4 is 11.6 Å². The van der Waals surface area contributed by atoms with E-state index in [1.165, 1.54) is 0 Å². The van der Waals surface area contributed by atoms with E-state index >= 15 is 0 Å². The van der Waals surface area contributed by atoms with Crippen LogP contribution in [0.2, 0.25) is 0 Å². The predicted molar refractivity (Wildman–Crippen MR) is 67.2 cm³/mol. The van der Waals surface area contributed by atoms with Crippen molar-refractivity contribution in [1.29, 1.82) is 0 Å². The van der Waals surface area contributed by atoms with Crippen LogP contribution >= 0.6 is 0 Å². The quantitative estimate of drug-likeness (QED) is 0.781. The topological polar surface area (TPSA) is 52.8 Å². The first-order valence-corrected chi connectivity index (χ1v) is 5.80. The Morgan fingerprint density at radius 2 is 2.11 bits per heavy atom. The summed E-state index contributed by atoms with van der Waals surface area (Å²) in [5, 5.41) is 0. The Balaban J connectivity index is 2.74. The van der Waals surface area contributed by atoms with E-state index in [0.717, 1.165) is 5.69 Å². The Morgan fingerprint density at radius 3 is 2.72 bits per heavy atom. The average Bonchev–Trinajstić information content (AvgIpc) is 2.68. The molecule has 2 rings (SSSR count). The minimum absolute atomic E-state index is 0.342. The number of nitrogens with zero attached hydrogens (tertiary/aromatic N) is 2. The van der Waals surface area contributed by atoms with Gasteiger partial charge in [0.05, 0.1) is 19.4 Å². The van der Waals surface area contributed by atoms with Gasteiger partial charge in [0.2, 0.25) is 0 Å². The molecule has 0 amide bonds. The highest BCUT2D eigenvalue weighted by Crippen LogP contribution is 2.24. The number of pyridine rings is 1. The second-order valence-corrected chi connectivity index (χ2v) is 3.97. The Kier molecular flexibility index (Phi) is 3.23. The monoisotopic (exact) mass is 248 g/mol. The molecule has 0 fully saturated rings. The molecule has 2 heterocycles. The molecule has 0 aliphatic rings. The number of aryl methyl sites for hydroxylation is 2. The summed E-state index contributed by atoms with van der Waals surface area (Å²) < 4.78 is 12.1. The van der Waals surface area contributed by atoms with Gasteiger partial charge in [0.1, 0.15) is 0 Å². The summed E-state index contributed by atoms with van der Waals surface area (Å²) in [7, 11) is 1.58. The van der Waals surface area contributed by atoms with Crippen LogP contribution in [-0.4, -0.2) is 29.1 Å². The summed E-state index contributed by atoms with van der Waals surface area (Å²) >= 11 is 0. The van der Waals surface area contributed by atoms with Gasteiger partial charge in [0.15, 0.2) is 17.1 Å². The largest absolute Gasteiger partial charge is 0.493 e. The molecule has 0 aliphatic carbocycles. The van der Waals surface area contributed by atoms with Crippen LogP contribution in [0.15, 0.2) is 12.1 Å². The van der Waals surface area contributed by atoms with Crippen LogP contribution in [0.25, 0.3) is 5.65 Å². The summed E-state index contributed by atoms with van der Waals surface area (Å²) in [4.78, 5) is 16.4. The zero-order chi connectivity index (χ0) is 13.3. The highest BCUT2D eigenvalue weighted by atomic mass is 16.5. The lowest BCUT2D eigenvalue weighted by Crippen LogP contribution is -2.11. The van der Waals surface area contributed by atoms with Gasteiger partial charge >= 0.3 is 5.97 Å². The highest BCUT2D eigenvalue weighted by molar-refractivity contribution is 5.90. The van der Waals surface area contributed by atoms with Crippen molar-refractivity contribution in [2.24, 2.45) is 0 Å². The smallest absolute Gasteiger partial charge is 0.357 e. The third-order valence-corrected chi connectivity index (χ3v) is 2.79. The van der Waals surface area contributed by atoms with Gasteiger partial charge in [-0.05, 0) is 32.9 Å². The number of methoxy groups -OCH3 is 1. The maximum Gasteiger partial charge on any atom is 0.357 e. The van der Waals surface area contributed by atoms with E-state index in [9.17, 15) is 4.79 Å². The van der Waals surface area contributed by atoms with Crippen LogP contribution in [0, 0.1) is 13.8 Å². The van der Waals surface area contributed by atoms with Crippen molar-refractivity contribution in [3.63, 3.8) is 0 Å². The fraction of sp³-hybridized carbons (Fsp3) is 0.385. The molecule has 0 bridgehead atoms. The molecule has 5 nitrogen and oxygen atoms in total. The number of esters is 1. The summed E-state index contributed by atoms with van der Waals surface area (Å²) in [5.41, 5.74) is 2.65. The first-order chi connectivity index (χ1) is 8.60. The number of carbonyl (C=O) groups excluding carboxylic acids is 1. The van der Waals surface area contributed by atoms with Gasteiger partial charge in [0, 0.05) is 5.69 Å². The molecule has 18 heavy (non-hydrogen) atoms. The van der Waals surface area contributed by atoms with E-state index in [1.54, 1.807) is 25.4 Å². The Labute approximate surface area is 105 Å². The van der Waals surface area contributed by atoms with Crippen LogP contribution in [0.1, 0.15) is 28.8 Å². The zero-order valence-corrected chi connectivity index (χ0v) is 11.0. The molecule has 96 valence electrons. The van der Waals surface area contributed by atoms with E-state index in [-0.39, 0.29) is 5.97 Å². The molecule has 0 N–H and O–H groups in total. The van der Waals surface area contributed by atoms with Gasteiger partial charge < -0.3 is 9.47 Å². The molecular formula is C13H16N2O3. The van der Waals surface area contributed by atoms with Crippen LogP contribution < -0.4 is 4.74 Å². The molecule has 0 radical (unpaired) electrons. The lowest BCUT2D eigenvalue weighted by Gasteiger charge is -2.08. The minimum atomic E-state index is -0.362. The van der Waals surface area contributed by atoms with Crippen molar-refractivity contribution < 1.29 is 14.3 Å². The van der Waals surface area contributed by atoms with E-state index < -0.39 is 0 Å². The first-order valence-electron chi connectivity index (χ1n) is 5.80. The second kappa shape index (κ2) is 4.68. The molecule has 2 aromatic rings. The lowest BCUT2D eigenvalue weighted by molar-refractivity contribution is 0.0517. The molecule has 2 aromatic heterocycles. The molecule has 0 unspecified atom stereocenters. The fourth-order valence-corrected chi connectivity index (χ4v) is 1.98. The summed E-state index contributed by atoms with van der Waals surface area (Å²) in [6.45, 7) is 5.83. The van der Waals surface area contributed by atoms with Crippen molar-refractivity contribution in [2.45, 2.75) is 20.8 Å². The predicted octanol–water partition coefficient (Wildman–Crippen LogP) is 2.14. The van der Waals surface area contributed by atoms with E-state index in [1.807, 2.05) is 19.1 Å². The molecule has 0 saturated carbocycles. The lowest BCUT2D eigenvalue weighted by atomic mass is 10.3. The molecule has 0 saturated heterocycles. The van der Waals surface area contributed by atoms with Gasteiger partial charge in [-0.15, -0.1) is 0 Å². The van der Waals surface area contributed by atoms with Gasteiger partial charge in [-0.25, -0.2) is 9.78 Å². The molecule has 0 aliphatic heterocycles. The van der Waals surface area contributed by atoms with Crippen molar-refractivity contribution in [3.05, 3.63) is 29.2 Å². The third kappa shape index (κ3) is 1.81.